The topological polar surface area (TPSA) is 41.6 Å². The molecule has 0 aliphatic carbocycles. The highest BCUT2D eigenvalue weighted by Crippen LogP contribution is 2.33. The number of amides is 2. The minimum absolute atomic E-state index is 0.0239. The number of hydrogen-bond donors (Lipinski definition) is 1. The molecule has 1 aromatic rings. The second-order valence-corrected chi connectivity index (χ2v) is 5.91. The first-order valence-electron chi connectivity index (χ1n) is 7.95. The molecule has 1 N–H and O–H groups in total. The summed E-state index contributed by atoms with van der Waals surface area (Å²) in [5, 5.41) is 3.05. The molecule has 22 heavy (non-hydrogen) atoms. The smallest absolute Gasteiger partial charge is 0.317 e. The molecular weight excluding hydrogens is 276 g/mol. The SMILES string of the molecule is C=C(C)CN(CC)C(=O)NC[C@@H]1CCO[C@@H]1c1ccccc1. The number of urea groups is 1. The fourth-order valence-corrected chi connectivity index (χ4v) is 2.84. The predicted molar refractivity (Wildman–Crippen MR) is 88.7 cm³/mol. The van der Waals surface area contributed by atoms with E-state index in [9.17, 15) is 4.79 Å². The van der Waals surface area contributed by atoms with E-state index in [0.29, 0.717) is 25.6 Å². The van der Waals surface area contributed by atoms with Gasteiger partial charge < -0.3 is 15.0 Å². The van der Waals surface area contributed by atoms with Crippen LogP contribution in [0.5, 0.6) is 0 Å². The molecule has 0 radical (unpaired) electrons. The maximum Gasteiger partial charge on any atom is 0.317 e. The van der Waals surface area contributed by atoms with E-state index in [2.05, 4.69) is 24.0 Å². The summed E-state index contributed by atoms with van der Waals surface area (Å²) in [5.74, 6) is 0.329. The summed E-state index contributed by atoms with van der Waals surface area (Å²) in [6.45, 7) is 10.5. The van der Waals surface area contributed by atoms with Crippen molar-refractivity contribution in [3.8, 4) is 0 Å². The second-order valence-electron chi connectivity index (χ2n) is 5.91. The largest absolute Gasteiger partial charge is 0.373 e. The van der Waals surface area contributed by atoms with Gasteiger partial charge in [0.05, 0.1) is 6.10 Å². The molecule has 0 saturated carbocycles. The Hall–Kier alpha value is -1.81. The second kappa shape index (κ2) is 7.99. The van der Waals surface area contributed by atoms with E-state index in [1.807, 2.05) is 32.0 Å². The van der Waals surface area contributed by atoms with E-state index < -0.39 is 0 Å². The molecule has 1 heterocycles. The van der Waals surface area contributed by atoms with Crippen molar-refractivity contribution in [3.63, 3.8) is 0 Å². The van der Waals surface area contributed by atoms with Crippen LogP contribution >= 0.6 is 0 Å². The zero-order chi connectivity index (χ0) is 15.9. The van der Waals surface area contributed by atoms with E-state index in [0.717, 1.165) is 18.6 Å². The Morgan fingerprint density at radius 3 is 2.77 bits per heavy atom. The highest BCUT2D eigenvalue weighted by molar-refractivity contribution is 5.74. The van der Waals surface area contributed by atoms with Crippen LogP contribution in [0.1, 0.15) is 31.9 Å². The Morgan fingerprint density at radius 2 is 2.14 bits per heavy atom. The van der Waals surface area contributed by atoms with Crippen LogP contribution in [0.15, 0.2) is 42.5 Å². The average molecular weight is 302 g/mol. The fraction of sp³-hybridized carbons (Fsp3) is 0.500. The zero-order valence-corrected chi connectivity index (χ0v) is 13.5. The Labute approximate surface area is 133 Å². The molecule has 2 atom stereocenters. The standard InChI is InChI=1S/C18H26N2O2/c1-4-20(13-14(2)3)18(21)19-12-16-10-11-22-17(16)15-8-6-5-7-9-15/h5-9,16-17H,2,4,10-13H2,1,3H3,(H,19,21)/t16-,17+/m0/s1. The van der Waals surface area contributed by atoms with Gasteiger partial charge in [0.1, 0.15) is 0 Å². The highest BCUT2D eigenvalue weighted by atomic mass is 16.5. The van der Waals surface area contributed by atoms with Crippen LogP contribution in [0, 0.1) is 5.92 Å². The summed E-state index contributed by atoms with van der Waals surface area (Å²) in [7, 11) is 0. The number of nitrogens with zero attached hydrogens (tertiary/aromatic N) is 1. The first kappa shape index (κ1) is 16.6. The summed E-state index contributed by atoms with van der Waals surface area (Å²) in [5.41, 5.74) is 2.18. The summed E-state index contributed by atoms with van der Waals surface area (Å²) < 4.78 is 5.86. The van der Waals surface area contributed by atoms with Gasteiger partial charge in [-0.3, -0.25) is 0 Å². The van der Waals surface area contributed by atoms with Crippen molar-refractivity contribution in [3.05, 3.63) is 48.0 Å². The predicted octanol–water partition coefficient (Wildman–Crippen LogP) is 3.37. The van der Waals surface area contributed by atoms with Gasteiger partial charge in [0.25, 0.3) is 0 Å². The number of carbonyl (C=O) groups excluding carboxylic acids is 1. The molecule has 0 spiro atoms. The van der Waals surface area contributed by atoms with Gasteiger partial charge in [0.2, 0.25) is 0 Å². The number of nitrogens with one attached hydrogen (secondary N) is 1. The molecule has 120 valence electrons. The van der Waals surface area contributed by atoms with Crippen molar-refractivity contribution in [2.24, 2.45) is 5.92 Å². The van der Waals surface area contributed by atoms with Crippen molar-refractivity contribution >= 4 is 6.03 Å². The summed E-state index contributed by atoms with van der Waals surface area (Å²) in [6.07, 6.45) is 1.06. The first-order valence-corrected chi connectivity index (χ1v) is 7.95. The van der Waals surface area contributed by atoms with Crippen LogP contribution in [-0.4, -0.2) is 37.2 Å². The van der Waals surface area contributed by atoms with Gasteiger partial charge in [-0.15, -0.1) is 0 Å². The van der Waals surface area contributed by atoms with Crippen molar-refractivity contribution in [1.82, 2.24) is 10.2 Å². The summed E-state index contributed by atoms with van der Waals surface area (Å²) >= 11 is 0. The lowest BCUT2D eigenvalue weighted by atomic mass is 9.95. The van der Waals surface area contributed by atoms with E-state index >= 15 is 0 Å². The number of ether oxygens (including phenoxy) is 1. The molecular formula is C18H26N2O2. The molecule has 2 rings (SSSR count). The van der Waals surface area contributed by atoms with Gasteiger partial charge in [0, 0.05) is 32.2 Å². The molecule has 2 amide bonds. The lowest BCUT2D eigenvalue weighted by Gasteiger charge is -2.24. The third kappa shape index (κ3) is 4.34. The first-order chi connectivity index (χ1) is 10.6. The van der Waals surface area contributed by atoms with Crippen LogP contribution in [0.3, 0.4) is 0 Å². The Balaban J connectivity index is 1.90. The van der Waals surface area contributed by atoms with Gasteiger partial charge in [0.15, 0.2) is 0 Å². The van der Waals surface area contributed by atoms with E-state index in [1.54, 1.807) is 4.90 Å². The minimum Gasteiger partial charge on any atom is -0.373 e. The number of rotatable bonds is 6. The van der Waals surface area contributed by atoms with Crippen molar-refractivity contribution < 1.29 is 9.53 Å². The number of benzene rings is 1. The van der Waals surface area contributed by atoms with Crippen molar-refractivity contribution in [2.45, 2.75) is 26.4 Å². The number of carbonyl (C=O) groups is 1. The van der Waals surface area contributed by atoms with Gasteiger partial charge in [-0.2, -0.15) is 0 Å². The maximum absolute atomic E-state index is 12.2. The Morgan fingerprint density at radius 1 is 1.41 bits per heavy atom. The van der Waals surface area contributed by atoms with Gasteiger partial charge >= 0.3 is 6.03 Å². The zero-order valence-electron chi connectivity index (χ0n) is 13.5. The Bertz CT molecular complexity index is 501. The van der Waals surface area contributed by atoms with Crippen LogP contribution in [0.25, 0.3) is 0 Å². The summed E-state index contributed by atoms with van der Waals surface area (Å²) in [4.78, 5) is 14.0. The Kier molecular flexibility index (Phi) is 6.01. The monoisotopic (exact) mass is 302 g/mol. The molecule has 4 nitrogen and oxygen atoms in total. The molecule has 1 aromatic carbocycles. The van der Waals surface area contributed by atoms with Crippen molar-refractivity contribution in [1.29, 1.82) is 0 Å². The van der Waals surface area contributed by atoms with Crippen LogP contribution < -0.4 is 5.32 Å². The van der Waals surface area contributed by atoms with E-state index in [-0.39, 0.29) is 12.1 Å². The molecule has 1 aliphatic rings. The average Bonchev–Trinajstić information content (AvgIpc) is 2.99. The molecule has 1 fully saturated rings. The normalized spacial score (nSPS) is 20.6. The van der Waals surface area contributed by atoms with Crippen LogP contribution in [-0.2, 0) is 4.74 Å². The number of likely N-dealkylation sites (N-methyl/N-ethyl adjacent to an activating group) is 1. The third-order valence-corrected chi connectivity index (χ3v) is 3.99. The number of hydrogen-bond acceptors (Lipinski definition) is 2. The molecule has 4 heteroatoms. The van der Waals surface area contributed by atoms with E-state index in [4.69, 9.17) is 4.74 Å². The van der Waals surface area contributed by atoms with Gasteiger partial charge in [-0.1, -0.05) is 42.5 Å². The fourth-order valence-electron chi connectivity index (χ4n) is 2.84. The molecule has 1 saturated heterocycles. The lowest BCUT2D eigenvalue weighted by Crippen LogP contribution is -2.42. The quantitative estimate of drug-likeness (QED) is 0.819. The lowest BCUT2D eigenvalue weighted by molar-refractivity contribution is 0.0905. The molecule has 0 unspecified atom stereocenters. The molecule has 1 aliphatic heterocycles. The summed E-state index contributed by atoms with van der Waals surface area (Å²) in [6, 6.07) is 10.2. The van der Waals surface area contributed by atoms with E-state index in [1.165, 1.54) is 5.56 Å². The maximum atomic E-state index is 12.2. The molecule has 0 bridgehead atoms. The van der Waals surface area contributed by atoms with Crippen molar-refractivity contribution in [2.75, 3.05) is 26.2 Å². The van der Waals surface area contributed by atoms with Gasteiger partial charge in [-0.25, -0.2) is 4.79 Å². The minimum atomic E-state index is -0.0239. The highest BCUT2D eigenvalue weighted by Gasteiger charge is 2.30. The van der Waals surface area contributed by atoms with Gasteiger partial charge in [-0.05, 0) is 25.8 Å². The molecule has 0 aromatic heterocycles. The third-order valence-electron chi connectivity index (χ3n) is 3.99. The van der Waals surface area contributed by atoms with Crippen LogP contribution in [0.2, 0.25) is 0 Å². The van der Waals surface area contributed by atoms with Crippen LogP contribution in [0.4, 0.5) is 4.79 Å².